The summed E-state index contributed by atoms with van der Waals surface area (Å²) in [4.78, 5) is 17.1. The van der Waals surface area contributed by atoms with Gasteiger partial charge in [-0.25, -0.2) is 4.98 Å². The zero-order valence-corrected chi connectivity index (χ0v) is 16.2. The van der Waals surface area contributed by atoms with Crippen molar-refractivity contribution in [1.29, 1.82) is 0 Å². The summed E-state index contributed by atoms with van der Waals surface area (Å²) in [5, 5.41) is 0. The van der Waals surface area contributed by atoms with Crippen LogP contribution < -0.4 is 0 Å². The molecule has 1 aromatic heterocycles. The van der Waals surface area contributed by atoms with Crippen molar-refractivity contribution in [3.63, 3.8) is 0 Å². The number of aromatic amines is 1. The molecule has 1 heterocycles. The van der Waals surface area contributed by atoms with Crippen LogP contribution >= 0.6 is 0 Å². The molecular weight excluding hydrogens is 332 g/mol. The van der Waals surface area contributed by atoms with Crippen LogP contribution in [0.3, 0.4) is 0 Å². The highest BCUT2D eigenvalue weighted by Gasteiger charge is 2.16. The van der Waals surface area contributed by atoms with Gasteiger partial charge in [0.05, 0.1) is 11.9 Å². The van der Waals surface area contributed by atoms with Crippen LogP contribution in [0.1, 0.15) is 32.0 Å². The molecule has 138 valence electrons. The van der Waals surface area contributed by atoms with E-state index in [4.69, 9.17) is 4.99 Å². The van der Waals surface area contributed by atoms with E-state index in [1.165, 1.54) is 5.56 Å². The summed E-state index contributed by atoms with van der Waals surface area (Å²) in [6.45, 7) is 7.88. The Labute approximate surface area is 161 Å². The lowest BCUT2D eigenvalue weighted by Gasteiger charge is -2.20. The number of aliphatic imine (C=N–C) groups is 2. The van der Waals surface area contributed by atoms with Crippen molar-refractivity contribution < 1.29 is 0 Å². The quantitative estimate of drug-likeness (QED) is 0.592. The molecule has 0 amide bonds. The van der Waals surface area contributed by atoms with Gasteiger partial charge in [0.25, 0.3) is 0 Å². The Morgan fingerprint density at radius 1 is 1.00 bits per heavy atom. The average molecular weight is 358 g/mol. The number of rotatable bonds is 7. The van der Waals surface area contributed by atoms with Crippen LogP contribution in [-0.2, 0) is 0 Å². The Kier molecular flexibility index (Phi) is 5.97. The third kappa shape index (κ3) is 5.48. The predicted octanol–water partition coefficient (Wildman–Crippen LogP) is 5.03. The number of benzene rings is 2. The second kappa shape index (κ2) is 8.58. The topological polar surface area (TPSA) is 53.4 Å². The SMILES string of the molecule is CC(=NCC(C)(C)CN=Cc1cnc(-c2ccccc2)[nH]1)c1ccccc1. The first-order valence-electron chi connectivity index (χ1n) is 9.20. The number of hydrogen-bond acceptors (Lipinski definition) is 3. The molecule has 4 heteroatoms. The molecule has 27 heavy (non-hydrogen) atoms. The van der Waals surface area contributed by atoms with Crippen LogP contribution in [0.5, 0.6) is 0 Å². The molecular formula is C23H26N4. The fourth-order valence-electron chi connectivity index (χ4n) is 2.69. The summed E-state index contributed by atoms with van der Waals surface area (Å²) < 4.78 is 0. The first kappa shape index (κ1) is 18.8. The van der Waals surface area contributed by atoms with Crippen molar-refractivity contribution in [1.82, 2.24) is 9.97 Å². The van der Waals surface area contributed by atoms with Gasteiger partial charge in [0.2, 0.25) is 0 Å². The number of nitrogens with zero attached hydrogens (tertiary/aromatic N) is 3. The van der Waals surface area contributed by atoms with Gasteiger partial charge in [0.15, 0.2) is 0 Å². The summed E-state index contributed by atoms with van der Waals surface area (Å²) >= 11 is 0. The maximum Gasteiger partial charge on any atom is 0.137 e. The Hall–Kier alpha value is -3.01. The van der Waals surface area contributed by atoms with Gasteiger partial charge in [-0.2, -0.15) is 0 Å². The van der Waals surface area contributed by atoms with Crippen LogP contribution in [0.4, 0.5) is 0 Å². The van der Waals surface area contributed by atoms with Crippen LogP contribution in [0, 0.1) is 5.41 Å². The summed E-state index contributed by atoms with van der Waals surface area (Å²) in [6, 6.07) is 20.4. The fraction of sp³-hybridized carbons (Fsp3) is 0.261. The van der Waals surface area contributed by atoms with Gasteiger partial charge >= 0.3 is 0 Å². The highest BCUT2D eigenvalue weighted by Crippen LogP contribution is 2.17. The minimum Gasteiger partial charge on any atom is -0.337 e. The van der Waals surface area contributed by atoms with E-state index < -0.39 is 0 Å². The van der Waals surface area contributed by atoms with Crippen LogP contribution in [0.15, 0.2) is 76.8 Å². The third-order valence-electron chi connectivity index (χ3n) is 4.33. The highest BCUT2D eigenvalue weighted by atomic mass is 14.9. The minimum absolute atomic E-state index is 0.00514. The number of nitrogens with one attached hydrogen (secondary N) is 1. The van der Waals surface area contributed by atoms with Crippen molar-refractivity contribution >= 4 is 11.9 Å². The van der Waals surface area contributed by atoms with Crippen molar-refractivity contribution in [2.75, 3.05) is 13.1 Å². The fourth-order valence-corrected chi connectivity index (χ4v) is 2.69. The summed E-state index contributed by atoms with van der Waals surface area (Å²) in [5.41, 5.74) is 4.21. The molecule has 3 aromatic rings. The van der Waals surface area contributed by atoms with Crippen molar-refractivity contribution in [3.05, 3.63) is 78.1 Å². The molecule has 0 radical (unpaired) electrons. The first-order valence-corrected chi connectivity index (χ1v) is 9.20. The lowest BCUT2D eigenvalue weighted by Crippen LogP contribution is -2.20. The molecule has 0 unspecified atom stereocenters. The van der Waals surface area contributed by atoms with E-state index in [2.05, 4.69) is 47.9 Å². The van der Waals surface area contributed by atoms with Gasteiger partial charge in [0.1, 0.15) is 5.82 Å². The Balaban J connectivity index is 1.58. The maximum atomic E-state index is 4.76. The smallest absolute Gasteiger partial charge is 0.137 e. The molecule has 0 aliphatic carbocycles. The Morgan fingerprint density at radius 2 is 1.67 bits per heavy atom. The number of imidazole rings is 1. The zero-order chi connectivity index (χ0) is 19.1. The standard InChI is InChI=1S/C23H26N4/c1-18(19-10-6-4-7-11-19)26-17-23(2,3)16-24-14-21-15-25-22(27-21)20-12-8-5-9-13-20/h4-15H,16-17H2,1-3H3,(H,25,27). The van der Waals surface area contributed by atoms with E-state index >= 15 is 0 Å². The maximum absolute atomic E-state index is 4.76. The average Bonchev–Trinajstić information content (AvgIpc) is 3.16. The third-order valence-corrected chi connectivity index (χ3v) is 4.33. The molecule has 0 spiro atoms. The summed E-state index contributed by atoms with van der Waals surface area (Å²) in [7, 11) is 0. The second-order valence-electron chi connectivity index (χ2n) is 7.45. The first-order chi connectivity index (χ1) is 13.0. The van der Waals surface area contributed by atoms with Crippen molar-refractivity contribution in [2.45, 2.75) is 20.8 Å². The van der Waals surface area contributed by atoms with E-state index in [9.17, 15) is 0 Å². The van der Waals surface area contributed by atoms with E-state index in [0.29, 0.717) is 6.54 Å². The van der Waals surface area contributed by atoms with E-state index in [1.54, 1.807) is 0 Å². The minimum atomic E-state index is -0.00514. The van der Waals surface area contributed by atoms with Gasteiger partial charge in [-0.1, -0.05) is 74.5 Å². The molecule has 0 saturated heterocycles. The number of H-pyrrole nitrogens is 1. The van der Waals surface area contributed by atoms with Crippen molar-refractivity contribution in [2.24, 2.45) is 15.4 Å². The monoisotopic (exact) mass is 358 g/mol. The van der Waals surface area contributed by atoms with Gasteiger partial charge < -0.3 is 4.98 Å². The summed E-state index contributed by atoms with van der Waals surface area (Å²) in [6.07, 6.45) is 3.67. The molecule has 3 rings (SSSR count). The highest BCUT2D eigenvalue weighted by molar-refractivity contribution is 5.98. The molecule has 0 aliphatic rings. The normalized spacial score (nSPS) is 12.6. The molecule has 0 bridgehead atoms. The van der Waals surface area contributed by atoms with Crippen LogP contribution in [0.2, 0.25) is 0 Å². The molecule has 0 atom stereocenters. The molecule has 0 aliphatic heterocycles. The molecule has 0 saturated carbocycles. The molecule has 1 N–H and O–H groups in total. The lowest BCUT2D eigenvalue weighted by atomic mass is 9.94. The van der Waals surface area contributed by atoms with E-state index in [0.717, 1.165) is 29.3 Å². The van der Waals surface area contributed by atoms with E-state index in [-0.39, 0.29) is 5.41 Å². The zero-order valence-electron chi connectivity index (χ0n) is 16.2. The second-order valence-corrected chi connectivity index (χ2v) is 7.45. The lowest BCUT2D eigenvalue weighted by molar-refractivity contribution is 0.396. The van der Waals surface area contributed by atoms with Crippen molar-refractivity contribution in [3.8, 4) is 11.4 Å². The summed E-state index contributed by atoms with van der Waals surface area (Å²) in [5.74, 6) is 0.861. The predicted molar refractivity (Wildman–Crippen MR) is 114 cm³/mol. The molecule has 0 fully saturated rings. The van der Waals surface area contributed by atoms with Crippen LogP contribution in [-0.4, -0.2) is 35.0 Å². The van der Waals surface area contributed by atoms with Gasteiger partial charge in [0, 0.05) is 36.0 Å². The van der Waals surface area contributed by atoms with Gasteiger partial charge in [-0.15, -0.1) is 0 Å². The molecule has 4 nitrogen and oxygen atoms in total. The van der Waals surface area contributed by atoms with Crippen LogP contribution in [0.25, 0.3) is 11.4 Å². The number of aromatic nitrogens is 2. The Morgan fingerprint density at radius 3 is 2.37 bits per heavy atom. The van der Waals surface area contributed by atoms with Gasteiger partial charge in [-0.3, -0.25) is 9.98 Å². The Bertz CT molecular complexity index is 906. The van der Waals surface area contributed by atoms with E-state index in [1.807, 2.05) is 60.9 Å². The molecule has 2 aromatic carbocycles. The number of hydrogen-bond donors (Lipinski definition) is 1. The van der Waals surface area contributed by atoms with Gasteiger partial charge in [-0.05, 0) is 12.5 Å². The largest absolute Gasteiger partial charge is 0.337 e.